The molecule has 0 N–H and O–H groups in total. The number of nitrogens with zero attached hydrogens (tertiary/aromatic N) is 8. The van der Waals surface area contributed by atoms with Gasteiger partial charge >= 0.3 is 0 Å². The van der Waals surface area contributed by atoms with E-state index in [4.69, 9.17) is 9.72 Å². The summed E-state index contributed by atoms with van der Waals surface area (Å²) in [6, 6.07) is 4.06. The minimum absolute atomic E-state index is 0.730. The molecule has 2 aliphatic rings. The highest BCUT2D eigenvalue weighted by Gasteiger charge is 2.23. The molecule has 2 fully saturated rings. The molecule has 0 aromatic carbocycles. The highest BCUT2D eigenvalue weighted by atomic mass is 16.5. The molecule has 0 radical (unpaired) electrons. The number of rotatable bonds is 3. The molecule has 3 aromatic heterocycles. The van der Waals surface area contributed by atoms with Crippen molar-refractivity contribution in [1.82, 2.24) is 24.9 Å². The number of aromatic nitrogens is 5. The third-order valence-electron chi connectivity index (χ3n) is 5.44. The molecule has 0 atom stereocenters. The molecular weight excluding hydrogens is 368 g/mol. The number of aryl methyl sites for hydroxylation is 1. The van der Waals surface area contributed by atoms with Gasteiger partial charge in [-0.05, 0) is 13.0 Å². The molecule has 5 heterocycles. The van der Waals surface area contributed by atoms with Gasteiger partial charge in [0.05, 0.1) is 24.9 Å². The van der Waals surface area contributed by atoms with Gasteiger partial charge in [-0.1, -0.05) is 0 Å². The van der Waals surface area contributed by atoms with Crippen LogP contribution in [0.5, 0.6) is 0 Å². The van der Waals surface area contributed by atoms with Crippen LogP contribution in [0.1, 0.15) is 5.69 Å². The molecule has 0 saturated carbocycles. The standard InChI is InChI=1S/C20H24N8O/c1-15-12-18(25-20(24-15)28-8-10-29-11-9-28)26-4-6-27(7-5-26)19-16-2-3-21-13-17(16)22-14-23-19/h2-3,12-14H,4-11H2,1H3. The molecule has 150 valence electrons. The number of morpholine rings is 1. The van der Waals surface area contributed by atoms with E-state index in [1.54, 1.807) is 18.7 Å². The van der Waals surface area contributed by atoms with E-state index in [1.165, 1.54) is 0 Å². The SMILES string of the molecule is Cc1cc(N2CCN(c3ncnc4cnccc34)CC2)nc(N2CCOCC2)n1. The number of hydrogen-bond acceptors (Lipinski definition) is 9. The lowest BCUT2D eigenvalue weighted by molar-refractivity contribution is 0.122. The van der Waals surface area contributed by atoms with Gasteiger partial charge in [-0.25, -0.2) is 15.0 Å². The monoisotopic (exact) mass is 392 g/mol. The Kier molecular flexibility index (Phi) is 4.81. The van der Waals surface area contributed by atoms with Crippen molar-refractivity contribution in [3.05, 3.63) is 36.5 Å². The lowest BCUT2D eigenvalue weighted by Gasteiger charge is -2.37. The molecular formula is C20H24N8O. The molecule has 2 aliphatic heterocycles. The lowest BCUT2D eigenvalue weighted by atomic mass is 10.2. The van der Waals surface area contributed by atoms with Crippen LogP contribution in [0.2, 0.25) is 0 Å². The first-order valence-corrected chi connectivity index (χ1v) is 10.0. The predicted octanol–water partition coefficient (Wildman–Crippen LogP) is 1.29. The van der Waals surface area contributed by atoms with Gasteiger partial charge in [0.2, 0.25) is 5.95 Å². The molecule has 0 amide bonds. The second kappa shape index (κ2) is 7.75. The van der Waals surface area contributed by atoms with Crippen LogP contribution in [-0.4, -0.2) is 77.4 Å². The maximum atomic E-state index is 5.45. The highest BCUT2D eigenvalue weighted by molar-refractivity contribution is 5.88. The van der Waals surface area contributed by atoms with Crippen molar-refractivity contribution >= 4 is 28.5 Å². The van der Waals surface area contributed by atoms with E-state index < -0.39 is 0 Å². The normalized spacial score (nSPS) is 17.8. The minimum atomic E-state index is 0.730. The summed E-state index contributed by atoms with van der Waals surface area (Å²) in [5.74, 6) is 2.78. The van der Waals surface area contributed by atoms with Crippen molar-refractivity contribution in [3.63, 3.8) is 0 Å². The average Bonchev–Trinajstić information content (AvgIpc) is 2.79. The van der Waals surface area contributed by atoms with Crippen LogP contribution in [0.15, 0.2) is 30.9 Å². The van der Waals surface area contributed by atoms with Crippen LogP contribution < -0.4 is 14.7 Å². The molecule has 9 nitrogen and oxygen atoms in total. The van der Waals surface area contributed by atoms with Gasteiger partial charge in [0, 0.05) is 62.6 Å². The molecule has 9 heteroatoms. The zero-order valence-corrected chi connectivity index (χ0v) is 16.5. The van der Waals surface area contributed by atoms with Crippen LogP contribution in [0.3, 0.4) is 0 Å². The van der Waals surface area contributed by atoms with Gasteiger partial charge in [0.1, 0.15) is 18.0 Å². The second-order valence-corrected chi connectivity index (χ2v) is 7.33. The van der Waals surface area contributed by atoms with E-state index in [0.717, 1.165) is 86.7 Å². The first-order valence-electron chi connectivity index (χ1n) is 10.0. The van der Waals surface area contributed by atoms with E-state index in [0.29, 0.717) is 0 Å². The summed E-state index contributed by atoms with van der Waals surface area (Å²) in [5, 5.41) is 1.04. The largest absolute Gasteiger partial charge is 0.378 e. The van der Waals surface area contributed by atoms with Gasteiger partial charge in [0.25, 0.3) is 0 Å². The van der Waals surface area contributed by atoms with E-state index in [-0.39, 0.29) is 0 Å². The molecule has 29 heavy (non-hydrogen) atoms. The van der Waals surface area contributed by atoms with Crippen LogP contribution in [-0.2, 0) is 4.74 Å². The number of anilines is 3. The summed E-state index contributed by atoms with van der Waals surface area (Å²) in [6.45, 7) is 8.70. The minimum Gasteiger partial charge on any atom is -0.378 e. The average molecular weight is 392 g/mol. The lowest BCUT2D eigenvalue weighted by Crippen LogP contribution is -2.47. The van der Waals surface area contributed by atoms with Crippen molar-refractivity contribution in [2.24, 2.45) is 0 Å². The van der Waals surface area contributed by atoms with E-state index in [2.05, 4.69) is 40.7 Å². The molecule has 2 saturated heterocycles. The van der Waals surface area contributed by atoms with Crippen LogP contribution in [0.25, 0.3) is 10.9 Å². The maximum Gasteiger partial charge on any atom is 0.227 e. The fourth-order valence-corrected chi connectivity index (χ4v) is 3.90. The zero-order valence-electron chi connectivity index (χ0n) is 16.5. The maximum absolute atomic E-state index is 5.45. The van der Waals surface area contributed by atoms with Gasteiger partial charge in [0.15, 0.2) is 0 Å². The number of ether oxygens (including phenoxy) is 1. The molecule has 3 aromatic rings. The predicted molar refractivity (Wildman–Crippen MR) is 112 cm³/mol. The van der Waals surface area contributed by atoms with Crippen molar-refractivity contribution in [1.29, 1.82) is 0 Å². The highest BCUT2D eigenvalue weighted by Crippen LogP contribution is 2.25. The van der Waals surface area contributed by atoms with Crippen molar-refractivity contribution in [2.45, 2.75) is 6.92 Å². The van der Waals surface area contributed by atoms with E-state index >= 15 is 0 Å². The van der Waals surface area contributed by atoms with Crippen molar-refractivity contribution in [3.8, 4) is 0 Å². The Balaban J connectivity index is 1.33. The van der Waals surface area contributed by atoms with Crippen LogP contribution >= 0.6 is 0 Å². The van der Waals surface area contributed by atoms with Crippen molar-refractivity contribution < 1.29 is 4.74 Å². The summed E-state index contributed by atoms with van der Waals surface area (Å²) < 4.78 is 5.45. The first kappa shape index (κ1) is 18.0. The molecule has 0 aliphatic carbocycles. The Morgan fingerprint density at radius 1 is 0.897 bits per heavy atom. The van der Waals surface area contributed by atoms with E-state index in [1.807, 2.05) is 13.0 Å². The Morgan fingerprint density at radius 2 is 1.69 bits per heavy atom. The fraction of sp³-hybridized carbons (Fsp3) is 0.450. The Bertz CT molecular complexity index is 993. The summed E-state index contributed by atoms with van der Waals surface area (Å²) in [7, 11) is 0. The fourth-order valence-electron chi connectivity index (χ4n) is 3.90. The summed E-state index contributed by atoms with van der Waals surface area (Å²) >= 11 is 0. The number of hydrogen-bond donors (Lipinski definition) is 0. The van der Waals surface area contributed by atoms with Crippen molar-refractivity contribution in [2.75, 3.05) is 67.2 Å². The van der Waals surface area contributed by atoms with E-state index in [9.17, 15) is 0 Å². The zero-order chi connectivity index (χ0) is 19.6. The smallest absolute Gasteiger partial charge is 0.227 e. The second-order valence-electron chi connectivity index (χ2n) is 7.33. The van der Waals surface area contributed by atoms with Crippen LogP contribution in [0.4, 0.5) is 17.6 Å². The van der Waals surface area contributed by atoms with Crippen LogP contribution in [0, 0.1) is 6.92 Å². The molecule has 0 spiro atoms. The third kappa shape index (κ3) is 3.65. The number of pyridine rings is 1. The number of fused-ring (bicyclic) bond motifs is 1. The molecule has 0 unspecified atom stereocenters. The quantitative estimate of drug-likeness (QED) is 0.654. The van der Waals surface area contributed by atoms with Gasteiger partial charge in [-0.2, -0.15) is 4.98 Å². The third-order valence-corrected chi connectivity index (χ3v) is 5.44. The van der Waals surface area contributed by atoms with Gasteiger partial charge < -0.3 is 19.4 Å². The Morgan fingerprint density at radius 3 is 2.52 bits per heavy atom. The number of piperazine rings is 1. The molecule has 5 rings (SSSR count). The Hall–Kier alpha value is -3.07. The summed E-state index contributed by atoms with van der Waals surface area (Å²) in [6.07, 6.45) is 5.20. The van der Waals surface area contributed by atoms with Gasteiger partial charge in [-0.15, -0.1) is 0 Å². The first-order chi connectivity index (χ1) is 14.3. The van der Waals surface area contributed by atoms with Gasteiger partial charge in [-0.3, -0.25) is 4.98 Å². The molecule has 0 bridgehead atoms. The topological polar surface area (TPSA) is 83.4 Å². The summed E-state index contributed by atoms with van der Waals surface area (Å²) in [5.41, 5.74) is 1.87. The summed E-state index contributed by atoms with van der Waals surface area (Å²) in [4.78, 5) is 29.4. The Labute approximate surface area is 169 Å².